The van der Waals surface area contributed by atoms with E-state index in [0.717, 1.165) is 11.5 Å². The second-order valence-electron chi connectivity index (χ2n) is 6.31. The van der Waals surface area contributed by atoms with E-state index in [-0.39, 0.29) is 4.90 Å². The summed E-state index contributed by atoms with van der Waals surface area (Å²) in [4.78, 5) is 10.7. The van der Waals surface area contributed by atoms with E-state index in [4.69, 9.17) is 0 Å². The molecule has 0 N–H and O–H groups in total. The minimum atomic E-state index is -3.48. The third kappa shape index (κ3) is 3.90. The normalized spacial score (nSPS) is 16.4. The Morgan fingerprint density at radius 2 is 1.74 bits per heavy atom. The number of para-hydroxylation sites is 1. The molecule has 1 aliphatic heterocycles. The lowest BCUT2D eigenvalue weighted by Crippen LogP contribution is -2.48. The molecular formula is C18H20N6O2S. The van der Waals surface area contributed by atoms with Crippen LogP contribution in [0.3, 0.4) is 0 Å². The van der Waals surface area contributed by atoms with Gasteiger partial charge in [-0.2, -0.15) is 4.31 Å². The molecule has 1 aromatic carbocycles. The smallest absolute Gasteiger partial charge is 0.244 e. The SMILES string of the molecule is O=S(=O)(c1cccnc1)N1CCN(Cc2ncn(-c3ccccc3)n2)CC1. The van der Waals surface area contributed by atoms with Crippen molar-refractivity contribution < 1.29 is 8.42 Å². The second-order valence-corrected chi connectivity index (χ2v) is 8.25. The van der Waals surface area contributed by atoms with Gasteiger partial charge in [0.25, 0.3) is 0 Å². The molecule has 1 aliphatic rings. The summed E-state index contributed by atoms with van der Waals surface area (Å²) >= 11 is 0. The monoisotopic (exact) mass is 384 g/mol. The summed E-state index contributed by atoms with van der Waals surface area (Å²) in [6.07, 6.45) is 4.66. The minimum absolute atomic E-state index is 0.238. The van der Waals surface area contributed by atoms with Crippen LogP contribution >= 0.6 is 0 Å². The van der Waals surface area contributed by atoms with Crippen molar-refractivity contribution in [3.8, 4) is 5.69 Å². The number of benzene rings is 1. The quantitative estimate of drug-likeness (QED) is 0.657. The Kier molecular flexibility index (Phi) is 4.97. The van der Waals surface area contributed by atoms with Gasteiger partial charge in [-0.05, 0) is 24.3 Å². The van der Waals surface area contributed by atoms with Gasteiger partial charge in [-0.15, -0.1) is 5.10 Å². The van der Waals surface area contributed by atoms with Crippen LogP contribution in [0.25, 0.3) is 5.69 Å². The van der Waals surface area contributed by atoms with Crippen molar-refractivity contribution in [1.82, 2.24) is 29.0 Å². The molecule has 0 bridgehead atoms. The van der Waals surface area contributed by atoms with Gasteiger partial charge < -0.3 is 0 Å². The van der Waals surface area contributed by atoms with E-state index in [1.54, 1.807) is 29.3 Å². The Bertz CT molecular complexity index is 983. The number of aromatic nitrogens is 4. The molecule has 8 nitrogen and oxygen atoms in total. The van der Waals surface area contributed by atoms with Gasteiger partial charge in [0.05, 0.1) is 12.2 Å². The zero-order valence-electron chi connectivity index (χ0n) is 14.7. The summed E-state index contributed by atoms with van der Waals surface area (Å²) in [5.74, 6) is 0.724. The maximum absolute atomic E-state index is 12.7. The Hall–Kier alpha value is -2.62. The first-order valence-corrected chi connectivity index (χ1v) is 10.2. The van der Waals surface area contributed by atoms with E-state index in [1.165, 1.54) is 10.5 Å². The molecule has 9 heteroatoms. The minimum Gasteiger partial charge on any atom is -0.293 e. The van der Waals surface area contributed by atoms with Gasteiger partial charge in [0.15, 0.2) is 5.82 Å². The van der Waals surface area contributed by atoms with Crippen LogP contribution < -0.4 is 0 Å². The molecule has 3 aromatic rings. The Balaban J connectivity index is 1.37. The van der Waals surface area contributed by atoms with Crippen LogP contribution in [0.5, 0.6) is 0 Å². The van der Waals surface area contributed by atoms with Crippen molar-refractivity contribution in [1.29, 1.82) is 0 Å². The Morgan fingerprint density at radius 1 is 0.963 bits per heavy atom. The topological polar surface area (TPSA) is 84.2 Å². The first-order valence-electron chi connectivity index (χ1n) is 8.71. The molecule has 0 amide bonds. The third-order valence-corrected chi connectivity index (χ3v) is 6.41. The van der Waals surface area contributed by atoms with Crippen LogP contribution in [0.1, 0.15) is 5.82 Å². The molecule has 0 aliphatic carbocycles. The second kappa shape index (κ2) is 7.55. The fourth-order valence-electron chi connectivity index (χ4n) is 3.05. The molecule has 27 heavy (non-hydrogen) atoms. The molecule has 140 valence electrons. The average molecular weight is 384 g/mol. The number of hydrogen-bond donors (Lipinski definition) is 0. The Morgan fingerprint density at radius 3 is 2.44 bits per heavy atom. The van der Waals surface area contributed by atoms with Gasteiger partial charge in [0.2, 0.25) is 10.0 Å². The lowest BCUT2D eigenvalue weighted by Gasteiger charge is -2.33. The predicted molar refractivity (Wildman–Crippen MR) is 99.6 cm³/mol. The van der Waals surface area contributed by atoms with Crippen LogP contribution in [-0.2, 0) is 16.6 Å². The first-order chi connectivity index (χ1) is 13.1. The van der Waals surface area contributed by atoms with Crippen molar-refractivity contribution in [3.63, 3.8) is 0 Å². The number of pyridine rings is 1. The Labute approximate surface area is 158 Å². The summed E-state index contributed by atoms with van der Waals surface area (Å²) in [5, 5.41) is 4.51. The van der Waals surface area contributed by atoms with Gasteiger partial charge in [0, 0.05) is 38.6 Å². The van der Waals surface area contributed by atoms with Gasteiger partial charge >= 0.3 is 0 Å². The van der Waals surface area contributed by atoms with Crippen LogP contribution in [0.2, 0.25) is 0 Å². The molecule has 0 saturated carbocycles. The van der Waals surface area contributed by atoms with Gasteiger partial charge in [-0.25, -0.2) is 18.1 Å². The zero-order chi connectivity index (χ0) is 18.7. The standard InChI is InChI=1S/C18H20N6O2S/c25-27(26,17-7-4-8-19-13-17)23-11-9-22(10-12-23)14-18-20-15-24(21-18)16-5-2-1-3-6-16/h1-8,13,15H,9-12,14H2. The highest BCUT2D eigenvalue weighted by Crippen LogP contribution is 2.17. The van der Waals surface area contributed by atoms with Crippen molar-refractivity contribution >= 4 is 10.0 Å². The highest BCUT2D eigenvalue weighted by Gasteiger charge is 2.28. The predicted octanol–water partition coefficient (Wildman–Crippen LogP) is 1.17. The van der Waals surface area contributed by atoms with Crippen molar-refractivity contribution in [2.75, 3.05) is 26.2 Å². The molecule has 1 fully saturated rings. The largest absolute Gasteiger partial charge is 0.293 e. The molecule has 1 saturated heterocycles. The van der Waals surface area contributed by atoms with Gasteiger partial charge in [0.1, 0.15) is 11.2 Å². The maximum Gasteiger partial charge on any atom is 0.244 e. The fourth-order valence-corrected chi connectivity index (χ4v) is 4.44. The number of sulfonamides is 1. The summed E-state index contributed by atoms with van der Waals surface area (Å²) in [6, 6.07) is 13.0. The van der Waals surface area contributed by atoms with E-state index in [2.05, 4.69) is 20.0 Å². The van der Waals surface area contributed by atoms with Crippen LogP contribution in [-0.4, -0.2) is 63.6 Å². The fraction of sp³-hybridized carbons (Fsp3) is 0.278. The summed E-state index contributed by atoms with van der Waals surface area (Å²) in [7, 11) is -3.48. The van der Waals surface area contributed by atoms with Crippen LogP contribution in [0, 0.1) is 0 Å². The summed E-state index contributed by atoms with van der Waals surface area (Å²) in [5.41, 5.74) is 0.962. The summed E-state index contributed by atoms with van der Waals surface area (Å²) in [6.45, 7) is 2.76. The lowest BCUT2D eigenvalue weighted by molar-refractivity contribution is 0.178. The van der Waals surface area contributed by atoms with Crippen molar-refractivity contribution in [3.05, 3.63) is 67.0 Å². The number of rotatable bonds is 5. The molecule has 4 rings (SSSR count). The van der Waals surface area contributed by atoms with Gasteiger partial charge in [-0.1, -0.05) is 18.2 Å². The highest BCUT2D eigenvalue weighted by molar-refractivity contribution is 7.89. The number of hydrogen-bond acceptors (Lipinski definition) is 6. The molecule has 0 radical (unpaired) electrons. The van der Waals surface area contributed by atoms with E-state index in [1.807, 2.05) is 30.3 Å². The highest BCUT2D eigenvalue weighted by atomic mass is 32.2. The number of piperazine rings is 1. The van der Waals surface area contributed by atoms with Crippen LogP contribution in [0.15, 0.2) is 66.1 Å². The van der Waals surface area contributed by atoms with Crippen LogP contribution in [0.4, 0.5) is 0 Å². The lowest BCUT2D eigenvalue weighted by atomic mass is 10.3. The molecule has 0 spiro atoms. The first kappa shape index (κ1) is 17.8. The van der Waals surface area contributed by atoms with E-state index in [0.29, 0.717) is 32.7 Å². The van der Waals surface area contributed by atoms with E-state index in [9.17, 15) is 8.42 Å². The molecule has 3 heterocycles. The molecule has 0 unspecified atom stereocenters. The summed E-state index contributed by atoms with van der Waals surface area (Å²) < 4.78 is 28.6. The van der Waals surface area contributed by atoms with Crippen molar-refractivity contribution in [2.24, 2.45) is 0 Å². The van der Waals surface area contributed by atoms with E-state index < -0.39 is 10.0 Å². The zero-order valence-corrected chi connectivity index (χ0v) is 15.5. The van der Waals surface area contributed by atoms with E-state index >= 15 is 0 Å². The molecular weight excluding hydrogens is 364 g/mol. The number of nitrogens with zero attached hydrogens (tertiary/aromatic N) is 6. The molecule has 2 aromatic heterocycles. The van der Waals surface area contributed by atoms with Gasteiger partial charge in [-0.3, -0.25) is 9.88 Å². The van der Waals surface area contributed by atoms with Crippen molar-refractivity contribution in [2.45, 2.75) is 11.4 Å². The maximum atomic E-state index is 12.7. The third-order valence-electron chi connectivity index (χ3n) is 4.53. The molecule has 0 atom stereocenters. The average Bonchev–Trinajstić information content (AvgIpc) is 3.18.